The van der Waals surface area contributed by atoms with Crippen molar-refractivity contribution in [3.63, 3.8) is 0 Å². The molecular weight excluding hydrogens is 489 g/mol. The highest BCUT2D eigenvalue weighted by molar-refractivity contribution is 7.09. The maximum atomic E-state index is 13.2. The van der Waals surface area contributed by atoms with Gasteiger partial charge in [-0.1, -0.05) is 18.2 Å². The third-order valence-corrected chi connectivity index (χ3v) is 7.81. The zero-order valence-corrected chi connectivity index (χ0v) is 22.7. The number of nitrogens with one attached hydrogen (secondary N) is 1. The van der Waals surface area contributed by atoms with Crippen molar-refractivity contribution in [2.75, 3.05) is 19.7 Å². The number of carbonyl (C=O) groups is 2. The average Bonchev–Trinajstić information content (AvgIpc) is 3.36. The van der Waals surface area contributed by atoms with Gasteiger partial charge in [-0.3, -0.25) is 9.59 Å². The molecule has 0 bridgehead atoms. The lowest BCUT2D eigenvalue weighted by molar-refractivity contribution is -0.134. The lowest BCUT2D eigenvalue weighted by Crippen LogP contribution is -2.45. The Kier molecular flexibility index (Phi) is 8.27. The SMILES string of the molecule is Cc1ccc(OCC(=O)N2CCC(c3nc(C(=O)NC(C)(C)Cc4ccc(F)cc4)cs3)CC2)cc1C. The number of thiazole rings is 1. The van der Waals surface area contributed by atoms with E-state index in [1.165, 1.54) is 29.0 Å². The van der Waals surface area contributed by atoms with Crippen LogP contribution < -0.4 is 10.1 Å². The van der Waals surface area contributed by atoms with Crippen molar-refractivity contribution in [3.05, 3.63) is 81.1 Å². The van der Waals surface area contributed by atoms with Crippen LogP contribution in [0, 0.1) is 19.7 Å². The van der Waals surface area contributed by atoms with E-state index in [4.69, 9.17) is 4.74 Å². The monoisotopic (exact) mass is 523 g/mol. The number of hydrogen-bond donors (Lipinski definition) is 1. The number of ether oxygens (including phenoxy) is 1. The smallest absolute Gasteiger partial charge is 0.271 e. The van der Waals surface area contributed by atoms with Crippen LogP contribution in [0.25, 0.3) is 0 Å². The second-order valence-corrected chi connectivity index (χ2v) is 11.3. The van der Waals surface area contributed by atoms with Gasteiger partial charge >= 0.3 is 0 Å². The van der Waals surface area contributed by atoms with Crippen LogP contribution in [0.4, 0.5) is 4.39 Å². The predicted octanol–water partition coefficient (Wildman–Crippen LogP) is 5.44. The number of amides is 2. The van der Waals surface area contributed by atoms with Crippen molar-refractivity contribution in [1.29, 1.82) is 0 Å². The van der Waals surface area contributed by atoms with Crippen LogP contribution in [0.1, 0.15) is 64.8 Å². The number of aromatic nitrogens is 1. The van der Waals surface area contributed by atoms with E-state index in [0.29, 0.717) is 31.0 Å². The van der Waals surface area contributed by atoms with Gasteiger partial charge in [0.05, 0.1) is 5.01 Å². The first kappa shape index (κ1) is 26.8. The second-order valence-electron chi connectivity index (χ2n) is 10.4. The Morgan fingerprint density at radius 3 is 2.49 bits per heavy atom. The summed E-state index contributed by atoms with van der Waals surface area (Å²) in [4.78, 5) is 32.0. The number of carbonyl (C=O) groups excluding carboxylic acids is 2. The molecule has 0 radical (unpaired) electrons. The highest BCUT2D eigenvalue weighted by atomic mass is 32.1. The van der Waals surface area contributed by atoms with E-state index in [2.05, 4.69) is 10.3 Å². The normalized spacial score (nSPS) is 14.5. The Morgan fingerprint density at radius 1 is 1.11 bits per heavy atom. The van der Waals surface area contributed by atoms with E-state index in [1.54, 1.807) is 17.5 Å². The van der Waals surface area contributed by atoms with Gasteiger partial charge in [0.2, 0.25) is 0 Å². The minimum absolute atomic E-state index is 0.0146. The fraction of sp³-hybridized carbons (Fsp3) is 0.414. The molecule has 4 rings (SSSR count). The summed E-state index contributed by atoms with van der Waals surface area (Å²) in [6.07, 6.45) is 2.19. The molecule has 2 amide bonds. The predicted molar refractivity (Wildman–Crippen MR) is 144 cm³/mol. The Hall–Kier alpha value is -3.26. The summed E-state index contributed by atoms with van der Waals surface area (Å²) < 4.78 is 18.9. The van der Waals surface area contributed by atoms with Gasteiger partial charge in [-0.25, -0.2) is 9.37 Å². The highest BCUT2D eigenvalue weighted by Crippen LogP contribution is 2.30. The standard InChI is InChI=1S/C29H34FN3O3S/c1-19-5-10-24(15-20(19)2)36-17-26(34)33-13-11-22(12-14-33)28-31-25(18-37-28)27(35)32-29(3,4)16-21-6-8-23(30)9-7-21/h5-10,15,18,22H,11-14,16-17H2,1-4H3,(H,32,35). The molecule has 1 aliphatic rings. The molecule has 196 valence electrons. The number of piperidine rings is 1. The van der Waals surface area contributed by atoms with Gasteiger partial charge in [-0.05, 0) is 87.9 Å². The molecule has 0 spiro atoms. The molecule has 0 aliphatic carbocycles. The van der Waals surface area contributed by atoms with Crippen molar-refractivity contribution < 1.29 is 18.7 Å². The van der Waals surface area contributed by atoms with Gasteiger partial charge < -0.3 is 15.0 Å². The molecule has 2 aromatic carbocycles. The number of likely N-dealkylation sites (tertiary alicyclic amines) is 1. The summed E-state index contributed by atoms with van der Waals surface area (Å²) in [7, 11) is 0. The minimum Gasteiger partial charge on any atom is -0.484 e. The largest absolute Gasteiger partial charge is 0.484 e. The summed E-state index contributed by atoms with van der Waals surface area (Å²) in [6, 6.07) is 12.2. The Balaban J connectivity index is 1.26. The quantitative estimate of drug-likeness (QED) is 0.427. The van der Waals surface area contributed by atoms with Crippen molar-refractivity contribution in [2.24, 2.45) is 0 Å². The van der Waals surface area contributed by atoms with E-state index in [9.17, 15) is 14.0 Å². The van der Waals surface area contributed by atoms with Crippen molar-refractivity contribution in [3.8, 4) is 5.75 Å². The molecule has 1 aromatic heterocycles. The molecular formula is C29H34FN3O3S. The Labute approximate surface area is 221 Å². The fourth-order valence-corrected chi connectivity index (χ4v) is 5.49. The third kappa shape index (κ3) is 7.16. The van der Waals surface area contributed by atoms with E-state index >= 15 is 0 Å². The topological polar surface area (TPSA) is 71.5 Å². The fourth-order valence-electron chi connectivity index (χ4n) is 4.52. The summed E-state index contributed by atoms with van der Waals surface area (Å²) in [6.45, 7) is 9.27. The maximum Gasteiger partial charge on any atom is 0.271 e. The molecule has 1 fully saturated rings. The number of halogens is 1. The molecule has 1 saturated heterocycles. The summed E-state index contributed by atoms with van der Waals surface area (Å²) in [5.74, 6) is 0.427. The summed E-state index contributed by atoms with van der Waals surface area (Å²) in [5.41, 5.74) is 3.18. The van der Waals surface area contributed by atoms with E-state index < -0.39 is 5.54 Å². The van der Waals surface area contributed by atoms with Crippen LogP contribution in [-0.2, 0) is 11.2 Å². The molecule has 1 aliphatic heterocycles. The van der Waals surface area contributed by atoms with Crippen LogP contribution in [0.15, 0.2) is 47.8 Å². The highest BCUT2D eigenvalue weighted by Gasteiger charge is 2.28. The number of hydrogen-bond acceptors (Lipinski definition) is 5. The van der Waals surface area contributed by atoms with Crippen molar-refractivity contribution in [2.45, 2.75) is 58.4 Å². The zero-order chi connectivity index (χ0) is 26.6. The summed E-state index contributed by atoms with van der Waals surface area (Å²) in [5, 5.41) is 5.78. The van der Waals surface area contributed by atoms with Gasteiger partial charge in [-0.2, -0.15) is 0 Å². The van der Waals surface area contributed by atoms with Crippen LogP contribution in [0.5, 0.6) is 5.75 Å². The first-order chi connectivity index (χ1) is 17.6. The van der Waals surface area contributed by atoms with E-state index in [-0.39, 0.29) is 30.2 Å². The van der Waals surface area contributed by atoms with Gasteiger partial charge in [0, 0.05) is 29.9 Å². The molecule has 8 heteroatoms. The number of rotatable bonds is 8. The molecule has 3 aromatic rings. The number of aryl methyl sites for hydroxylation is 2. The van der Waals surface area contributed by atoms with Gasteiger partial charge in [0.25, 0.3) is 11.8 Å². The molecule has 1 N–H and O–H groups in total. The molecule has 37 heavy (non-hydrogen) atoms. The molecule has 0 atom stereocenters. The molecule has 0 saturated carbocycles. The Morgan fingerprint density at radius 2 is 1.81 bits per heavy atom. The van der Waals surface area contributed by atoms with Crippen molar-refractivity contribution >= 4 is 23.2 Å². The maximum absolute atomic E-state index is 13.2. The first-order valence-electron chi connectivity index (χ1n) is 12.6. The average molecular weight is 524 g/mol. The lowest BCUT2D eigenvalue weighted by Gasteiger charge is -2.31. The molecule has 6 nitrogen and oxygen atoms in total. The van der Waals surface area contributed by atoms with Gasteiger partial charge in [0.1, 0.15) is 17.3 Å². The Bertz CT molecular complexity index is 1250. The van der Waals surface area contributed by atoms with Crippen LogP contribution in [0.2, 0.25) is 0 Å². The van der Waals surface area contributed by atoms with E-state index in [0.717, 1.165) is 29.0 Å². The second kappa shape index (κ2) is 11.4. The van der Waals surface area contributed by atoms with E-state index in [1.807, 2.05) is 50.8 Å². The zero-order valence-electron chi connectivity index (χ0n) is 21.8. The van der Waals surface area contributed by atoms with Crippen LogP contribution >= 0.6 is 11.3 Å². The number of benzene rings is 2. The molecule has 2 heterocycles. The molecule has 0 unspecified atom stereocenters. The van der Waals surface area contributed by atoms with Gasteiger partial charge in [-0.15, -0.1) is 11.3 Å². The summed E-state index contributed by atoms with van der Waals surface area (Å²) >= 11 is 1.49. The van der Waals surface area contributed by atoms with Crippen molar-refractivity contribution in [1.82, 2.24) is 15.2 Å². The van der Waals surface area contributed by atoms with Gasteiger partial charge in [0.15, 0.2) is 6.61 Å². The van der Waals surface area contributed by atoms with Crippen LogP contribution in [0.3, 0.4) is 0 Å². The minimum atomic E-state index is -0.510. The number of nitrogens with zero attached hydrogens (tertiary/aromatic N) is 2. The van der Waals surface area contributed by atoms with Crippen LogP contribution in [-0.4, -0.2) is 46.9 Å². The third-order valence-electron chi connectivity index (χ3n) is 6.80. The lowest BCUT2D eigenvalue weighted by atomic mass is 9.94. The first-order valence-corrected chi connectivity index (χ1v) is 13.5.